The molecule has 0 aliphatic heterocycles. The van der Waals surface area contributed by atoms with Crippen LogP contribution in [0.2, 0.25) is 0 Å². The van der Waals surface area contributed by atoms with Gasteiger partial charge < -0.3 is 5.11 Å². The van der Waals surface area contributed by atoms with E-state index in [9.17, 15) is 5.11 Å². The minimum absolute atomic E-state index is 0.172. The van der Waals surface area contributed by atoms with E-state index in [-0.39, 0.29) is 17.9 Å². The number of benzene rings is 2. The highest BCUT2D eigenvalue weighted by Crippen LogP contribution is 2.25. The molecule has 1 N–H and O–H groups in total. The van der Waals surface area contributed by atoms with E-state index in [1.807, 2.05) is 0 Å². The van der Waals surface area contributed by atoms with E-state index < -0.39 is 0 Å². The van der Waals surface area contributed by atoms with Crippen LogP contribution in [0, 0.1) is 6.92 Å². The molecule has 1 unspecified atom stereocenters. The molecule has 2 rings (SSSR count). The molecule has 0 aliphatic rings. The maximum Gasteiger partial charge on any atom is 0.0502 e. The first-order valence-corrected chi connectivity index (χ1v) is 7.67. The lowest BCUT2D eigenvalue weighted by atomic mass is 9.85. The highest BCUT2D eigenvalue weighted by Gasteiger charge is 2.15. The Morgan fingerprint density at radius 1 is 1.00 bits per heavy atom. The van der Waals surface area contributed by atoms with Gasteiger partial charge in [-0.05, 0) is 35.4 Å². The van der Waals surface area contributed by atoms with Gasteiger partial charge in [0, 0.05) is 5.92 Å². The van der Waals surface area contributed by atoms with E-state index >= 15 is 0 Å². The van der Waals surface area contributed by atoms with Gasteiger partial charge in [-0.3, -0.25) is 0 Å². The van der Waals surface area contributed by atoms with Crippen LogP contribution in [0.25, 0.3) is 0 Å². The minimum atomic E-state index is 0.172. The Balaban J connectivity index is 2.15. The molecule has 0 aliphatic carbocycles. The summed E-state index contributed by atoms with van der Waals surface area (Å²) < 4.78 is 0. The van der Waals surface area contributed by atoms with Crippen molar-refractivity contribution in [2.75, 3.05) is 6.61 Å². The van der Waals surface area contributed by atoms with E-state index in [0.29, 0.717) is 0 Å². The second-order valence-electron chi connectivity index (χ2n) is 6.94. The molecule has 0 heterocycles. The van der Waals surface area contributed by atoms with Gasteiger partial charge in [-0.2, -0.15) is 0 Å². The Bertz CT molecular complexity index is 576. The summed E-state index contributed by atoms with van der Waals surface area (Å²) in [5.41, 5.74) is 5.28. The van der Waals surface area contributed by atoms with E-state index in [1.54, 1.807) is 0 Å². The van der Waals surface area contributed by atoms with Crippen molar-refractivity contribution in [2.45, 2.75) is 45.4 Å². The highest BCUT2D eigenvalue weighted by molar-refractivity contribution is 5.31. The zero-order valence-electron chi connectivity index (χ0n) is 13.6. The third-order valence-electron chi connectivity index (χ3n) is 4.04. The average molecular weight is 282 g/mol. The Morgan fingerprint density at radius 3 is 2.19 bits per heavy atom. The Hall–Kier alpha value is -1.60. The second kappa shape index (κ2) is 6.44. The monoisotopic (exact) mass is 282 g/mol. The molecule has 0 aromatic heterocycles. The standard InChI is InChI=1S/C20H26O/c1-15-6-5-7-17(12-15)18(14-21)13-16-8-10-19(11-9-16)20(2,3)4/h5-12,18,21H,13-14H2,1-4H3. The van der Waals surface area contributed by atoms with Crippen molar-refractivity contribution in [1.82, 2.24) is 0 Å². The van der Waals surface area contributed by atoms with Crippen LogP contribution >= 0.6 is 0 Å². The van der Waals surface area contributed by atoms with Crippen molar-refractivity contribution in [3.63, 3.8) is 0 Å². The molecule has 0 saturated carbocycles. The van der Waals surface area contributed by atoms with Gasteiger partial charge in [0.1, 0.15) is 0 Å². The van der Waals surface area contributed by atoms with Crippen LogP contribution in [0.5, 0.6) is 0 Å². The van der Waals surface area contributed by atoms with Crippen LogP contribution in [-0.2, 0) is 11.8 Å². The van der Waals surface area contributed by atoms with Gasteiger partial charge in [0.05, 0.1) is 6.61 Å². The van der Waals surface area contributed by atoms with Gasteiger partial charge in [0.15, 0.2) is 0 Å². The normalized spacial score (nSPS) is 13.2. The summed E-state index contributed by atoms with van der Waals surface area (Å²) in [6.45, 7) is 8.96. The zero-order chi connectivity index (χ0) is 15.5. The van der Waals surface area contributed by atoms with E-state index in [1.165, 1.54) is 22.3 Å². The lowest BCUT2D eigenvalue weighted by molar-refractivity contribution is 0.264. The molecule has 1 heteroatoms. The molecule has 0 amide bonds. The quantitative estimate of drug-likeness (QED) is 0.868. The smallest absolute Gasteiger partial charge is 0.0502 e. The highest BCUT2D eigenvalue weighted by atomic mass is 16.3. The lowest BCUT2D eigenvalue weighted by Crippen LogP contribution is -2.11. The average Bonchev–Trinajstić information content (AvgIpc) is 2.44. The number of rotatable bonds is 4. The van der Waals surface area contributed by atoms with Gasteiger partial charge in [-0.15, -0.1) is 0 Å². The summed E-state index contributed by atoms with van der Waals surface area (Å²) >= 11 is 0. The maximum atomic E-state index is 9.72. The second-order valence-corrected chi connectivity index (χ2v) is 6.94. The predicted octanol–water partition coefficient (Wildman–Crippen LogP) is 4.61. The zero-order valence-corrected chi connectivity index (χ0v) is 13.6. The summed E-state index contributed by atoms with van der Waals surface area (Å²) in [4.78, 5) is 0. The number of hydrogen-bond donors (Lipinski definition) is 1. The summed E-state index contributed by atoms with van der Waals surface area (Å²) in [5, 5.41) is 9.72. The van der Waals surface area contributed by atoms with E-state index in [4.69, 9.17) is 0 Å². The number of aliphatic hydroxyl groups excluding tert-OH is 1. The van der Waals surface area contributed by atoms with Crippen molar-refractivity contribution in [2.24, 2.45) is 0 Å². The molecule has 2 aromatic carbocycles. The molecular formula is C20H26O. The molecule has 0 spiro atoms. The molecule has 1 atom stereocenters. The Morgan fingerprint density at radius 2 is 1.67 bits per heavy atom. The first-order chi connectivity index (χ1) is 9.90. The first kappa shape index (κ1) is 15.8. The molecule has 112 valence electrons. The molecule has 0 saturated heterocycles. The van der Waals surface area contributed by atoms with Crippen LogP contribution in [0.4, 0.5) is 0 Å². The fourth-order valence-corrected chi connectivity index (χ4v) is 2.64. The number of aliphatic hydroxyl groups is 1. The van der Waals surface area contributed by atoms with Crippen molar-refractivity contribution >= 4 is 0 Å². The fourth-order valence-electron chi connectivity index (χ4n) is 2.64. The SMILES string of the molecule is Cc1cccc(C(CO)Cc2ccc(C(C)(C)C)cc2)c1. The van der Waals surface area contributed by atoms with Gasteiger partial charge in [-0.1, -0.05) is 74.9 Å². The topological polar surface area (TPSA) is 20.2 Å². The van der Waals surface area contributed by atoms with Crippen LogP contribution in [0.15, 0.2) is 48.5 Å². The summed E-state index contributed by atoms with van der Waals surface area (Å²) in [5.74, 6) is 0.172. The first-order valence-electron chi connectivity index (χ1n) is 7.67. The third kappa shape index (κ3) is 4.18. The lowest BCUT2D eigenvalue weighted by Gasteiger charge is -2.20. The fraction of sp³-hybridized carbons (Fsp3) is 0.400. The van der Waals surface area contributed by atoms with Gasteiger partial charge >= 0.3 is 0 Å². The van der Waals surface area contributed by atoms with Crippen molar-refractivity contribution in [3.05, 3.63) is 70.8 Å². The maximum absolute atomic E-state index is 9.72. The van der Waals surface area contributed by atoms with Crippen molar-refractivity contribution in [1.29, 1.82) is 0 Å². The number of aryl methyl sites for hydroxylation is 1. The van der Waals surface area contributed by atoms with E-state index in [2.05, 4.69) is 76.2 Å². The van der Waals surface area contributed by atoms with E-state index in [0.717, 1.165) is 6.42 Å². The van der Waals surface area contributed by atoms with Crippen LogP contribution in [0.3, 0.4) is 0 Å². The van der Waals surface area contributed by atoms with Crippen LogP contribution < -0.4 is 0 Å². The third-order valence-corrected chi connectivity index (χ3v) is 4.04. The Kier molecular flexibility index (Phi) is 4.84. The minimum Gasteiger partial charge on any atom is -0.396 e. The Labute approximate surface area is 128 Å². The molecular weight excluding hydrogens is 256 g/mol. The number of hydrogen-bond acceptors (Lipinski definition) is 1. The molecule has 0 fully saturated rings. The summed E-state index contributed by atoms with van der Waals surface area (Å²) in [7, 11) is 0. The van der Waals surface area contributed by atoms with Gasteiger partial charge in [-0.25, -0.2) is 0 Å². The summed E-state index contributed by atoms with van der Waals surface area (Å²) in [6.07, 6.45) is 0.879. The van der Waals surface area contributed by atoms with Crippen molar-refractivity contribution in [3.8, 4) is 0 Å². The summed E-state index contributed by atoms with van der Waals surface area (Å²) in [6, 6.07) is 17.2. The van der Waals surface area contributed by atoms with Gasteiger partial charge in [0.25, 0.3) is 0 Å². The largest absolute Gasteiger partial charge is 0.396 e. The predicted molar refractivity (Wildman–Crippen MR) is 89.9 cm³/mol. The van der Waals surface area contributed by atoms with Gasteiger partial charge in [0.2, 0.25) is 0 Å². The molecule has 21 heavy (non-hydrogen) atoms. The van der Waals surface area contributed by atoms with Crippen LogP contribution in [-0.4, -0.2) is 11.7 Å². The van der Waals surface area contributed by atoms with Crippen molar-refractivity contribution < 1.29 is 5.11 Å². The molecule has 2 aromatic rings. The molecule has 1 nitrogen and oxygen atoms in total. The van der Waals surface area contributed by atoms with Crippen LogP contribution in [0.1, 0.15) is 48.9 Å². The molecule has 0 bridgehead atoms. The molecule has 0 radical (unpaired) electrons.